The van der Waals surface area contributed by atoms with Crippen molar-refractivity contribution in [3.63, 3.8) is 0 Å². The van der Waals surface area contributed by atoms with Crippen LogP contribution in [0, 0.1) is 5.82 Å². The van der Waals surface area contributed by atoms with Gasteiger partial charge in [0, 0.05) is 29.8 Å². The summed E-state index contributed by atoms with van der Waals surface area (Å²) < 4.78 is 27.0. The summed E-state index contributed by atoms with van der Waals surface area (Å²) >= 11 is 6.45. The average Bonchev–Trinajstić information content (AvgIpc) is 3.45. The second kappa shape index (κ2) is 9.29. The molecule has 192 valence electrons. The second-order valence-electron chi connectivity index (χ2n) is 9.69. The molecule has 0 atom stereocenters. The van der Waals surface area contributed by atoms with Crippen molar-refractivity contribution < 1.29 is 13.7 Å². The average molecular weight is 531 g/mol. The van der Waals surface area contributed by atoms with Gasteiger partial charge in [0.1, 0.15) is 18.2 Å². The van der Waals surface area contributed by atoms with Crippen molar-refractivity contribution in [1.29, 1.82) is 0 Å². The Balaban J connectivity index is 1.50. The number of benzene rings is 2. The fourth-order valence-corrected chi connectivity index (χ4v) is 5.30. The molecule has 0 bridgehead atoms. The third-order valence-corrected chi connectivity index (χ3v) is 7.15. The third kappa shape index (κ3) is 4.11. The lowest BCUT2D eigenvalue weighted by atomic mass is 9.89. The van der Waals surface area contributed by atoms with Crippen LogP contribution in [0.4, 0.5) is 4.39 Å². The minimum atomic E-state index is -0.645. The van der Waals surface area contributed by atoms with Crippen molar-refractivity contribution in [2.45, 2.75) is 39.7 Å². The molecule has 0 aliphatic carbocycles. The highest BCUT2D eigenvalue weighted by molar-refractivity contribution is 6.33. The molecule has 9 heteroatoms. The van der Waals surface area contributed by atoms with Gasteiger partial charge >= 0.3 is 5.76 Å². The Kier molecular flexibility index (Phi) is 5.91. The molecule has 0 spiro atoms. The van der Waals surface area contributed by atoms with E-state index < -0.39 is 11.6 Å². The van der Waals surface area contributed by atoms with E-state index in [9.17, 15) is 9.18 Å². The first-order valence-corrected chi connectivity index (χ1v) is 12.7. The molecule has 4 heterocycles. The van der Waals surface area contributed by atoms with Crippen molar-refractivity contribution in [2.75, 3.05) is 0 Å². The standard InChI is InChI=1S/C29H24ClFN4O3/c1-15(2)26-23(35-10-4-5-22(30)28(35)32-26)12-17-6-8-20-18(11-17)14-37-24-13-19(31)7-9-21(24)25(20)16(3)27-33-29(36)38-34-27/h4-11,13,15H,12,14H2,1-3H3,(H,33,34,36). The molecule has 1 aliphatic rings. The molecular weight excluding hydrogens is 507 g/mol. The normalized spacial score (nSPS) is 14.3. The molecule has 0 saturated carbocycles. The number of imidazole rings is 1. The van der Waals surface area contributed by atoms with Gasteiger partial charge in [-0.1, -0.05) is 48.8 Å². The van der Waals surface area contributed by atoms with Crippen molar-refractivity contribution in [3.05, 3.63) is 116 Å². The van der Waals surface area contributed by atoms with Crippen LogP contribution in [0.2, 0.25) is 5.02 Å². The molecule has 0 saturated heterocycles. The van der Waals surface area contributed by atoms with E-state index in [1.54, 1.807) is 6.07 Å². The van der Waals surface area contributed by atoms with Crippen LogP contribution >= 0.6 is 11.6 Å². The zero-order chi connectivity index (χ0) is 26.6. The number of rotatable bonds is 4. The van der Waals surface area contributed by atoms with Crippen molar-refractivity contribution in [1.82, 2.24) is 19.5 Å². The number of halogens is 2. The van der Waals surface area contributed by atoms with Gasteiger partial charge in [-0.25, -0.2) is 14.2 Å². The number of H-pyrrole nitrogens is 1. The molecule has 1 N–H and O–H groups in total. The van der Waals surface area contributed by atoms with E-state index in [2.05, 4.69) is 40.5 Å². The van der Waals surface area contributed by atoms with Gasteiger partial charge in [0.15, 0.2) is 11.5 Å². The van der Waals surface area contributed by atoms with Crippen molar-refractivity contribution in [2.24, 2.45) is 0 Å². The van der Waals surface area contributed by atoms with Crippen LogP contribution < -0.4 is 10.5 Å². The van der Waals surface area contributed by atoms with Crippen LogP contribution in [0.3, 0.4) is 0 Å². The topological polar surface area (TPSA) is 85.4 Å². The third-order valence-electron chi connectivity index (χ3n) is 6.86. The largest absolute Gasteiger partial charge is 0.488 e. The minimum absolute atomic E-state index is 0.219. The summed E-state index contributed by atoms with van der Waals surface area (Å²) in [5.74, 6) is -0.0947. The number of nitrogens with one attached hydrogen (secondary N) is 1. The Morgan fingerprint density at radius 1 is 1.18 bits per heavy atom. The van der Waals surface area contributed by atoms with Crippen LogP contribution in [0.5, 0.6) is 5.75 Å². The van der Waals surface area contributed by atoms with Gasteiger partial charge in [-0.05, 0) is 59.4 Å². The molecule has 5 aromatic rings. The smallest absolute Gasteiger partial charge is 0.439 e. The molecule has 0 fully saturated rings. The molecule has 38 heavy (non-hydrogen) atoms. The summed E-state index contributed by atoms with van der Waals surface area (Å²) in [5.41, 5.74) is 7.89. The Morgan fingerprint density at radius 3 is 2.76 bits per heavy atom. The fraction of sp³-hybridized carbons (Fsp3) is 0.207. The lowest BCUT2D eigenvalue weighted by molar-refractivity contribution is 0.305. The maximum absolute atomic E-state index is 14.2. The summed E-state index contributed by atoms with van der Waals surface area (Å²) in [5, 5.41) is 4.49. The van der Waals surface area contributed by atoms with E-state index in [1.165, 1.54) is 12.1 Å². The molecule has 1 aliphatic heterocycles. The molecule has 0 amide bonds. The SMILES string of the molecule is CC(=C1c2ccc(Cc3c(C(C)C)nc4c(Cl)cccn34)cc2COc2cc(F)ccc21)c1noc(=O)[nH]1. The van der Waals surface area contributed by atoms with Gasteiger partial charge in [-0.15, -0.1) is 0 Å². The monoisotopic (exact) mass is 530 g/mol. The maximum Gasteiger partial charge on any atom is 0.439 e. The zero-order valence-electron chi connectivity index (χ0n) is 21.0. The van der Waals surface area contributed by atoms with E-state index in [0.717, 1.165) is 39.3 Å². The predicted octanol–water partition coefficient (Wildman–Crippen LogP) is 6.39. The Hall–Kier alpha value is -4.17. The first kappa shape index (κ1) is 24.2. The number of aromatic amines is 1. The van der Waals surface area contributed by atoms with Gasteiger partial charge in [-0.2, -0.15) is 0 Å². The highest BCUT2D eigenvalue weighted by Crippen LogP contribution is 2.41. The van der Waals surface area contributed by atoms with Crippen LogP contribution in [0.1, 0.15) is 66.2 Å². The fourth-order valence-electron chi connectivity index (χ4n) is 5.09. The highest BCUT2D eigenvalue weighted by Gasteiger charge is 2.25. The second-order valence-corrected chi connectivity index (χ2v) is 10.1. The van der Waals surface area contributed by atoms with Crippen LogP contribution in [-0.2, 0) is 13.0 Å². The van der Waals surface area contributed by atoms with E-state index in [0.29, 0.717) is 34.2 Å². The number of ether oxygens (including phenoxy) is 1. The van der Waals surface area contributed by atoms with E-state index in [4.69, 9.17) is 25.8 Å². The number of hydrogen-bond donors (Lipinski definition) is 1. The molecule has 6 rings (SSSR count). The first-order chi connectivity index (χ1) is 18.3. The number of pyridine rings is 1. The number of nitrogens with zero attached hydrogens (tertiary/aromatic N) is 3. The Labute approximate surface area is 222 Å². The number of allylic oxidation sites excluding steroid dienone is 1. The molecule has 0 unspecified atom stereocenters. The first-order valence-electron chi connectivity index (χ1n) is 12.3. The van der Waals surface area contributed by atoms with Crippen LogP contribution in [0.25, 0.3) is 16.8 Å². The van der Waals surface area contributed by atoms with Gasteiger partial charge in [-0.3, -0.25) is 9.51 Å². The number of hydrogen-bond acceptors (Lipinski definition) is 5. The molecular formula is C29H24ClFN4O3. The van der Waals surface area contributed by atoms with Crippen molar-refractivity contribution in [3.8, 4) is 5.75 Å². The Bertz CT molecular complexity index is 1800. The van der Waals surface area contributed by atoms with E-state index >= 15 is 0 Å². The van der Waals surface area contributed by atoms with Gasteiger partial charge in [0.25, 0.3) is 0 Å². The van der Waals surface area contributed by atoms with E-state index in [-0.39, 0.29) is 12.5 Å². The van der Waals surface area contributed by atoms with Gasteiger partial charge < -0.3 is 9.14 Å². The zero-order valence-corrected chi connectivity index (χ0v) is 21.8. The minimum Gasteiger partial charge on any atom is -0.488 e. The van der Waals surface area contributed by atoms with Crippen LogP contribution in [-0.4, -0.2) is 19.5 Å². The molecule has 2 aromatic carbocycles. The maximum atomic E-state index is 14.2. The quantitative estimate of drug-likeness (QED) is 0.291. The van der Waals surface area contributed by atoms with Gasteiger partial charge in [0.05, 0.1) is 16.4 Å². The summed E-state index contributed by atoms with van der Waals surface area (Å²) in [6.07, 6.45) is 2.62. The summed E-state index contributed by atoms with van der Waals surface area (Å²) in [6.45, 7) is 6.33. The van der Waals surface area contributed by atoms with E-state index in [1.807, 2.05) is 31.3 Å². The summed E-state index contributed by atoms with van der Waals surface area (Å²) in [7, 11) is 0. The lowest BCUT2D eigenvalue weighted by Gasteiger charge is -2.15. The Morgan fingerprint density at radius 2 is 2.00 bits per heavy atom. The number of fused-ring (bicyclic) bond motifs is 3. The molecule has 3 aromatic heterocycles. The lowest BCUT2D eigenvalue weighted by Crippen LogP contribution is -2.03. The number of aromatic nitrogens is 4. The summed E-state index contributed by atoms with van der Waals surface area (Å²) in [6, 6.07) is 14.4. The van der Waals surface area contributed by atoms with Gasteiger partial charge in [0.2, 0.25) is 0 Å². The summed E-state index contributed by atoms with van der Waals surface area (Å²) in [4.78, 5) is 19.1. The van der Waals surface area contributed by atoms with Crippen molar-refractivity contribution >= 4 is 28.4 Å². The highest BCUT2D eigenvalue weighted by atomic mass is 35.5. The molecule has 0 radical (unpaired) electrons. The van der Waals surface area contributed by atoms with Crippen LogP contribution in [0.15, 0.2) is 64.0 Å². The predicted molar refractivity (Wildman–Crippen MR) is 143 cm³/mol. The molecule has 7 nitrogen and oxygen atoms in total.